The van der Waals surface area contributed by atoms with Gasteiger partial charge in [0.15, 0.2) is 0 Å². The number of carbonyl (C=O) groups is 1. The highest BCUT2D eigenvalue weighted by Crippen LogP contribution is 2.32. The van der Waals surface area contributed by atoms with Crippen LogP contribution in [0.2, 0.25) is 0 Å². The Morgan fingerprint density at radius 2 is 1.90 bits per heavy atom. The average Bonchev–Trinajstić information content (AvgIpc) is 3.05. The number of benzene rings is 2. The van der Waals surface area contributed by atoms with Gasteiger partial charge < -0.3 is 15.0 Å². The quantitative estimate of drug-likeness (QED) is 0.717. The van der Waals surface area contributed by atoms with Gasteiger partial charge in [0.25, 0.3) is 5.91 Å². The second-order valence-electron chi connectivity index (χ2n) is 7.46. The molecule has 1 aliphatic rings. The Labute approximate surface area is 169 Å². The van der Waals surface area contributed by atoms with Crippen molar-refractivity contribution >= 4 is 5.91 Å². The number of aromatic nitrogens is 2. The molecule has 1 aromatic heterocycles. The molecule has 0 spiro atoms. The maximum absolute atomic E-state index is 12.5. The number of carbonyl (C=O) groups excluding carboxylic acids is 1. The van der Waals surface area contributed by atoms with Gasteiger partial charge in [-0.1, -0.05) is 30.3 Å². The van der Waals surface area contributed by atoms with Crippen molar-refractivity contribution < 1.29 is 9.53 Å². The maximum atomic E-state index is 12.5. The molecule has 0 aliphatic carbocycles. The molecule has 29 heavy (non-hydrogen) atoms. The smallest absolute Gasteiger partial charge is 0.345 e. The molecule has 0 radical (unpaired) electrons. The summed E-state index contributed by atoms with van der Waals surface area (Å²) in [6.07, 6.45) is 1.17. The van der Waals surface area contributed by atoms with Gasteiger partial charge in [-0.05, 0) is 55.2 Å². The zero-order chi connectivity index (χ0) is 20.5. The fourth-order valence-corrected chi connectivity index (χ4v) is 3.75. The minimum absolute atomic E-state index is 0.233. The monoisotopic (exact) mass is 389 g/mol. The molecule has 1 aliphatic heterocycles. The van der Waals surface area contributed by atoms with Crippen molar-refractivity contribution in [1.29, 1.82) is 0 Å². The van der Waals surface area contributed by atoms with Crippen LogP contribution < -0.4 is 15.7 Å². The summed E-state index contributed by atoms with van der Waals surface area (Å²) in [5.74, 6) is 0.725. The van der Waals surface area contributed by atoms with Crippen LogP contribution in [-0.2, 0) is 13.0 Å². The van der Waals surface area contributed by atoms with E-state index in [0.29, 0.717) is 23.5 Å². The topological polar surface area (TPSA) is 84.1 Å². The lowest BCUT2D eigenvalue weighted by atomic mass is 10.00. The summed E-state index contributed by atoms with van der Waals surface area (Å²) in [5, 5.41) is 2.90. The van der Waals surface area contributed by atoms with Crippen molar-refractivity contribution in [2.45, 2.75) is 39.8 Å². The number of aryl methyl sites for hydroxylation is 2. The van der Waals surface area contributed by atoms with Crippen molar-refractivity contribution in [2.75, 3.05) is 0 Å². The largest absolute Gasteiger partial charge is 0.490 e. The van der Waals surface area contributed by atoms with Crippen molar-refractivity contribution in [3.63, 3.8) is 0 Å². The molecular weight excluding hydrogens is 366 g/mol. The molecule has 0 saturated heterocycles. The highest BCUT2D eigenvalue weighted by Gasteiger charge is 2.19. The number of amides is 1. The highest BCUT2D eigenvalue weighted by atomic mass is 16.5. The van der Waals surface area contributed by atoms with Crippen LogP contribution in [0.4, 0.5) is 0 Å². The first-order valence-electron chi connectivity index (χ1n) is 9.65. The van der Waals surface area contributed by atoms with E-state index in [-0.39, 0.29) is 12.0 Å². The number of nitrogens with one attached hydrogen (secondary N) is 2. The summed E-state index contributed by atoms with van der Waals surface area (Å²) in [4.78, 5) is 30.3. The number of hydrogen-bond acceptors (Lipinski definition) is 4. The zero-order valence-corrected chi connectivity index (χ0v) is 16.7. The predicted molar refractivity (Wildman–Crippen MR) is 111 cm³/mol. The molecule has 1 amide bonds. The Balaban J connectivity index is 1.45. The van der Waals surface area contributed by atoms with Gasteiger partial charge in [0.2, 0.25) is 0 Å². The molecule has 2 aromatic carbocycles. The lowest BCUT2D eigenvalue weighted by Gasteiger charge is -2.10. The number of fused-ring (bicyclic) bond motifs is 1. The number of H-pyrrole nitrogens is 1. The van der Waals surface area contributed by atoms with Gasteiger partial charge >= 0.3 is 5.69 Å². The summed E-state index contributed by atoms with van der Waals surface area (Å²) < 4.78 is 5.77. The Bertz CT molecular complexity index is 1110. The molecule has 2 heterocycles. The summed E-state index contributed by atoms with van der Waals surface area (Å²) in [7, 11) is 0. The van der Waals surface area contributed by atoms with Crippen LogP contribution >= 0.6 is 0 Å². The molecule has 6 nitrogen and oxygen atoms in total. The second-order valence-corrected chi connectivity index (χ2v) is 7.46. The van der Waals surface area contributed by atoms with E-state index in [2.05, 4.69) is 46.5 Å². The van der Waals surface area contributed by atoms with E-state index in [0.717, 1.165) is 28.9 Å². The van der Waals surface area contributed by atoms with Gasteiger partial charge in [0, 0.05) is 18.7 Å². The number of rotatable bonds is 4. The summed E-state index contributed by atoms with van der Waals surface area (Å²) >= 11 is 0. The first-order valence-corrected chi connectivity index (χ1v) is 9.65. The molecule has 1 unspecified atom stereocenters. The van der Waals surface area contributed by atoms with Gasteiger partial charge in [-0.3, -0.25) is 4.79 Å². The fourth-order valence-electron chi connectivity index (χ4n) is 3.75. The van der Waals surface area contributed by atoms with E-state index in [9.17, 15) is 9.59 Å². The van der Waals surface area contributed by atoms with Crippen LogP contribution in [0, 0.1) is 13.8 Å². The van der Waals surface area contributed by atoms with Crippen molar-refractivity contribution in [1.82, 2.24) is 15.3 Å². The van der Waals surface area contributed by atoms with E-state index in [1.165, 1.54) is 5.56 Å². The Hall–Kier alpha value is -3.41. The Morgan fingerprint density at radius 3 is 2.62 bits per heavy atom. The zero-order valence-electron chi connectivity index (χ0n) is 16.7. The minimum Gasteiger partial charge on any atom is -0.490 e. The summed E-state index contributed by atoms with van der Waals surface area (Å²) in [6, 6.07) is 14.4. The number of ether oxygens (including phenoxy) is 1. The van der Waals surface area contributed by atoms with Crippen LogP contribution in [0.15, 0.2) is 47.3 Å². The highest BCUT2D eigenvalue weighted by molar-refractivity contribution is 5.96. The molecule has 3 aromatic rings. The van der Waals surface area contributed by atoms with Gasteiger partial charge in [-0.15, -0.1) is 0 Å². The number of nitrogens with zero attached hydrogens (tertiary/aromatic N) is 1. The van der Waals surface area contributed by atoms with E-state index in [4.69, 9.17) is 4.74 Å². The van der Waals surface area contributed by atoms with Crippen LogP contribution in [0.5, 0.6) is 5.75 Å². The second kappa shape index (κ2) is 7.54. The molecular formula is C23H23N3O3. The molecule has 0 saturated carbocycles. The first kappa shape index (κ1) is 18.9. The van der Waals surface area contributed by atoms with Crippen molar-refractivity contribution in [3.8, 4) is 16.9 Å². The fraction of sp³-hybridized carbons (Fsp3) is 0.261. The molecule has 1 atom stereocenters. The molecule has 6 heteroatoms. The molecule has 4 rings (SSSR count). The van der Waals surface area contributed by atoms with Crippen molar-refractivity contribution in [2.24, 2.45) is 0 Å². The third-order valence-electron chi connectivity index (χ3n) is 5.16. The lowest BCUT2D eigenvalue weighted by molar-refractivity contribution is 0.0948. The summed E-state index contributed by atoms with van der Waals surface area (Å²) in [6.45, 7) is 5.83. The third-order valence-corrected chi connectivity index (χ3v) is 5.16. The van der Waals surface area contributed by atoms with E-state index in [1.807, 2.05) is 18.2 Å². The molecule has 2 N–H and O–H groups in total. The third kappa shape index (κ3) is 3.92. The van der Waals surface area contributed by atoms with Gasteiger partial charge in [0.1, 0.15) is 11.9 Å². The van der Waals surface area contributed by atoms with E-state index < -0.39 is 5.69 Å². The molecule has 148 valence electrons. The van der Waals surface area contributed by atoms with Crippen LogP contribution in [0.25, 0.3) is 11.1 Å². The normalized spacial score (nSPS) is 14.9. The van der Waals surface area contributed by atoms with Crippen LogP contribution in [-0.4, -0.2) is 22.0 Å². The van der Waals surface area contributed by atoms with E-state index in [1.54, 1.807) is 13.8 Å². The van der Waals surface area contributed by atoms with Crippen LogP contribution in [0.3, 0.4) is 0 Å². The van der Waals surface area contributed by atoms with Gasteiger partial charge in [-0.2, -0.15) is 4.98 Å². The minimum atomic E-state index is -0.445. The first-order chi connectivity index (χ1) is 13.9. The van der Waals surface area contributed by atoms with E-state index >= 15 is 0 Å². The SMILES string of the molecule is Cc1nc(=O)[nH]c(C)c1C(=O)NCc1ccc(-c2ccc3c(c2)CC(C)O3)cc1. The van der Waals surface area contributed by atoms with Gasteiger partial charge in [0.05, 0.1) is 11.3 Å². The Kier molecular flexibility index (Phi) is 4.92. The van der Waals surface area contributed by atoms with Crippen LogP contribution in [0.1, 0.15) is 39.8 Å². The van der Waals surface area contributed by atoms with Gasteiger partial charge in [-0.25, -0.2) is 4.79 Å². The standard InChI is InChI=1S/C23H23N3O3/c1-13-10-19-11-18(8-9-20(19)29-13)17-6-4-16(5-7-17)12-24-22(27)21-14(2)25-23(28)26-15(21)3/h4-9,11,13H,10,12H2,1-3H3,(H,24,27)(H,25,26,28). The Morgan fingerprint density at radius 1 is 1.17 bits per heavy atom. The van der Waals surface area contributed by atoms with Crippen molar-refractivity contribution in [3.05, 3.63) is 81.0 Å². The average molecular weight is 389 g/mol. The predicted octanol–water partition coefficient (Wildman–Crippen LogP) is 3.31. The molecule has 0 bridgehead atoms. The number of hydrogen-bond donors (Lipinski definition) is 2. The maximum Gasteiger partial charge on any atom is 0.345 e. The summed E-state index contributed by atoms with van der Waals surface area (Å²) in [5.41, 5.74) is 5.43. The molecule has 0 fully saturated rings. The number of aromatic amines is 1. The lowest BCUT2D eigenvalue weighted by Crippen LogP contribution is -2.27.